The molecule has 0 unspecified atom stereocenters. The van der Waals surface area contributed by atoms with E-state index in [1.54, 1.807) is 0 Å². The predicted molar refractivity (Wildman–Crippen MR) is 113 cm³/mol. The number of piperidine rings is 1. The molecule has 1 aromatic carbocycles. The maximum atomic E-state index is 4.78. The minimum Gasteiger partial charge on any atom is -0.375 e. The SMILES string of the molecule is CCNC(=NCCCN(C)c1ccccc1)NC1CCN(C(C)C)CC1. The van der Waals surface area contributed by atoms with Crippen LogP contribution >= 0.6 is 0 Å². The normalized spacial score (nSPS) is 16.7. The van der Waals surface area contributed by atoms with Gasteiger partial charge in [-0.15, -0.1) is 0 Å². The molecule has 2 N–H and O–H groups in total. The third kappa shape index (κ3) is 6.87. The van der Waals surface area contributed by atoms with Gasteiger partial charge in [-0.3, -0.25) is 4.99 Å². The Balaban J connectivity index is 1.74. The van der Waals surface area contributed by atoms with Gasteiger partial charge in [0.1, 0.15) is 0 Å². The highest BCUT2D eigenvalue weighted by molar-refractivity contribution is 5.80. The number of rotatable bonds is 8. The summed E-state index contributed by atoms with van der Waals surface area (Å²) < 4.78 is 0. The molecule has 0 amide bonds. The van der Waals surface area contributed by atoms with Crippen LogP contribution in [0.2, 0.25) is 0 Å². The molecule has 5 nitrogen and oxygen atoms in total. The monoisotopic (exact) mass is 359 g/mol. The van der Waals surface area contributed by atoms with E-state index >= 15 is 0 Å². The highest BCUT2D eigenvalue weighted by atomic mass is 15.2. The first-order valence-electron chi connectivity index (χ1n) is 10.1. The summed E-state index contributed by atoms with van der Waals surface area (Å²) in [6.45, 7) is 11.8. The highest BCUT2D eigenvalue weighted by Gasteiger charge is 2.21. The lowest BCUT2D eigenvalue weighted by molar-refractivity contribution is 0.167. The predicted octanol–water partition coefficient (Wildman–Crippen LogP) is 2.94. The van der Waals surface area contributed by atoms with Gasteiger partial charge in [0.15, 0.2) is 5.96 Å². The van der Waals surface area contributed by atoms with Gasteiger partial charge in [0, 0.05) is 57.5 Å². The van der Waals surface area contributed by atoms with E-state index in [1.165, 1.54) is 31.6 Å². The average Bonchev–Trinajstić information content (AvgIpc) is 2.66. The molecule has 0 bridgehead atoms. The van der Waals surface area contributed by atoms with Crippen molar-refractivity contribution in [3.05, 3.63) is 30.3 Å². The summed E-state index contributed by atoms with van der Waals surface area (Å²) in [4.78, 5) is 9.63. The van der Waals surface area contributed by atoms with Crippen LogP contribution in [0.1, 0.15) is 40.0 Å². The molecule has 1 saturated heterocycles. The molecule has 1 heterocycles. The molecule has 2 rings (SSSR count). The fourth-order valence-corrected chi connectivity index (χ4v) is 3.38. The van der Waals surface area contributed by atoms with Gasteiger partial charge in [-0.2, -0.15) is 0 Å². The molecule has 1 aliphatic rings. The van der Waals surface area contributed by atoms with Gasteiger partial charge in [0.25, 0.3) is 0 Å². The zero-order valence-electron chi connectivity index (χ0n) is 17.0. The topological polar surface area (TPSA) is 42.9 Å². The van der Waals surface area contributed by atoms with Crippen LogP contribution in [0.5, 0.6) is 0 Å². The largest absolute Gasteiger partial charge is 0.375 e. The summed E-state index contributed by atoms with van der Waals surface area (Å²) in [7, 11) is 2.14. The van der Waals surface area contributed by atoms with Crippen LogP contribution in [0.25, 0.3) is 0 Å². The summed E-state index contributed by atoms with van der Waals surface area (Å²) in [5, 5.41) is 7.03. The summed E-state index contributed by atoms with van der Waals surface area (Å²) >= 11 is 0. The molecular formula is C21H37N5. The highest BCUT2D eigenvalue weighted by Crippen LogP contribution is 2.13. The van der Waals surface area contributed by atoms with Crippen molar-refractivity contribution in [2.45, 2.75) is 52.1 Å². The second-order valence-electron chi connectivity index (χ2n) is 7.42. The number of para-hydroxylation sites is 1. The summed E-state index contributed by atoms with van der Waals surface area (Å²) in [6, 6.07) is 11.7. The van der Waals surface area contributed by atoms with Crippen LogP contribution in [0, 0.1) is 0 Å². The van der Waals surface area contributed by atoms with Crippen molar-refractivity contribution in [1.82, 2.24) is 15.5 Å². The Morgan fingerprint density at radius 3 is 2.54 bits per heavy atom. The van der Waals surface area contributed by atoms with Gasteiger partial charge >= 0.3 is 0 Å². The Kier molecular flexibility index (Phi) is 8.75. The number of hydrogen-bond donors (Lipinski definition) is 2. The molecule has 0 saturated carbocycles. The van der Waals surface area contributed by atoms with Crippen molar-refractivity contribution < 1.29 is 0 Å². The van der Waals surface area contributed by atoms with Gasteiger partial charge in [-0.25, -0.2) is 0 Å². The number of anilines is 1. The lowest BCUT2D eigenvalue weighted by atomic mass is 10.0. The minimum atomic E-state index is 0.537. The fraction of sp³-hybridized carbons (Fsp3) is 0.667. The molecule has 1 fully saturated rings. The Labute approximate surface area is 159 Å². The Morgan fingerprint density at radius 1 is 1.23 bits per heavy atom. The maximum Gasteiger partial charge on any atom is 0.191 e. The third-order valence-corrected chi connectivity index (χ3v) is 5.06. The van der Waals surface area contributed by atoms with Gasteiger partial charge in [0.2, 0.25) is 0 Å². The molecular weight excluding hydrogens is 322 g/mol. The molecule has 1 aromatic rings. The first-order chi connectivity index (χ1) is 12.6. The van der Waals surface area contributed by atoms with Crippen molar-refractivity contribution in [3.63, 3.8) is 0 Å². The van der Waals surface area contributed by atoms with E-state index in [0.29, 0.717) is 12.1 Å². The van der Waals surface area contributed by atoms with E-state index in [2.05, 4.69) is 78.6 Å². The molecule has 0 radical (unpaired) electrons. The zero-order valence-corrected chi connectivity index (χ0v) is 17.0. The second kappa shape index (κ2) is 11.1. The molecule has 5 heteroatoms. The fourth-order valence-electron chi connectivity index (χ4n) is 3.38. The number of nitrogens with zero attached hydrogens (tertiary/aromatic N) is 3. The summed E-state index contributed by atoms with van der Waals surface area (Å²) in [5.74, 6) is 0.970. The number of hydrogen-bond acceptors (Lipinski definition) is 3. The standard InChI is InChI=1S/C21H37N5/c1-5-22-21(24-19-12-16-26(17-13-19)18(2)3)23-14-9-15-25(4)20-10-7-6-8-11-20/h6-8,10-11,18-19H,5,9,12-17H2,1-4H3,(H2,22,23,24). The number of aliphatic imine (C=N–C) groups is 1. The van der Waals surface area contributed by atoms with E-state index in [9.17, 15) is 0 Å². The van der Waals surface area contributed by atoms with Crippen LogP contribution in [0.4, 0.5) is 5.69 Å². The Bertz CT molecular complexity index is 520. The second-order valence-corrected chi connectivity index (χ2v) is 7.42. The number of nitrogens with one attached hydrogen (secondary N) is 2. The van der Waals surface area contributed by atoms with Crippen LogP contribution < -0.4 is 15.5 Å². The van der Waals surface area contributed by atoms with Crippen LogP contribution in [0.15, 0.2) is 35.3 Å². The molecule has 0 aliphatic carbocycles. The van der Waals surface area contributed by atoms with Crippen molar-refractivity contribution in [1.29, 1.82) is 0 Å². The van der Waals surface area contributed by atoms with E-state index < -0.39 is 0 Å². The van der Waals surface area contributed by atoms with E-state index in [4.69, 9.17) is 4.99 Å². The Morgan fingerprint density at radius 2 is 1.92 bits per heavy atom. The molecule has 146 valence electrons. The smallest absolute Gasteiger partial charge is 0.191 e. The average molecular weight is 360 g/mol. The van der Waals surface area contributed by atoms with Gasteiger partial charge in [-0.1, -0.05) is 18.2 Å². The number of benzene rings is 1. The van der Waals surface area contributed by atoms with Gasteiger partial charge in [-0.05, 0) is 52.2 Å². The van der Waals surface area contributed by atoms with Crippen LogP contribution in [-0.2, 0) is 0 Å². The minimum absolute atomic E-state index is 0.537. The molecule has 1 aliphatic heterocycles. The van der Waals surface area contributed by atoms with E-state index in [-0.39, 0.29) is 0 Å². The lowest BCUT2D eigenvalue weighted by Crippen LogP contribution is -2.49. The summed E-state index contributed by atoms with van der Waals surface area (Å²) in [6.07, 6.45) is 3.44. The Hall–Kier alpha value is -1.75. The molecule has 0 aromatic heterocycles. The number of likely N-dealkylation sites (tertiary alicyclic amines) is 1. The van der Waals surface area contributed by atoms with E-state index in [1.807, 2.05) is 0 Å². The molecule has 0 spiro atoms. The third-order valence-electron chi connectivity index (χ3n) is 5.06. The van der Waals surface area contributed by atoms with Gasteiger partial charge < -0.3 is 20.4 Å². The van der Waals surface area contributed by atoms with Crippen LogP contribution in [0.3, 0.4) is 0 Å². The van der Waals surface area contributed by atoms with Crippen LogP contribution in [-0.4, -0.2) is 62.7 Å². The quantitative estimate of drug-likeness (QED) is 0.425. The van der Waals surface area contributed by atoms with Crippen molar-refractivity contribution in [3.8, 4) is 0 Å². The zero-order chi connectivity index (χ0) is 18.8. The molecule has 26 heavy (non-hydrogen) atoms. The van der Waals surface area contributed by atoms with Gasteiger partial charge in [0.05, 0.1) is 0 Å². The van der Waals surface area contributed by atoms with Crippen molar-refractivity contribution >= 4 is 11.6 Å². The lowest BCUT2D eigenvalue weighted by Gasteiger charge is -2.35. The first-order valence-corrected chi connectivity index (χ1v) is 10.1. The molecule has 0 atom stereocenters. The van der Waals surface area contributed by atoms with Crippen molar-refractivity contribution in [2.24, 2.45) is 4.99 Å². The first kappa shape index (κ1) is 20.6. The van der Waals surface area contributed by atoms with Crippen molar-refractivity contribution in [2.75, 3.05) is 44.7 Å². The summed E-state index contributed by atoms with van der Waals surface area (Å²) in [5.41, 5.74) is 1.26. The van der Waals surface area contributed by atoms with E-state index in [0.717, 1.165) is 32.0 Å². The maximum absolute atomic E-state index is 4.78. The number of guanidine groups is 1.